The molecule has 0 N–H and O–H groups in total. The molecular weight excluding hydrogens is 326 g/mol. The van der Waals surface area contributed by atoms with Crippen LogP contribution in [0.25, 0.3) is 11.5 Å². The van der Waals surface area contributed by atoms with Gasteiger partial charge in [-0.2, -0.15) is 0 Å². The number of ether oxygens (including phenoxy) is 1. The maximum atomic E-state index is 5.97. The number of aromatic nitrogens is 2. The van der Waals surface area contributed by atoms with Crippen molar-refractivity contribution in [2.75, 3.05) is 27.2 Å². The minimum atomic E-state index is 0.380. The minimum Gasteiger partial charge on any atom is -0.496 e. The van der Waals surface area contributed by atoms with E-state index < -0.39 is 0 Å². The summed E-state index contributed by atoms with van der Waals surface area (Å²) < 4.78 is 11.4. The molecule has 0 atom stereocenters. The van der Waals surface area contributed by atoms with E-state index in [1.54, 1.807) is 7.11 Å². The van der Waals surface area contributed by atoms with Gasteiger partial charge in [-0.25, -0.2) is 0 Å². The maximum Gasteiger partial charge on any atom is 0.248 e. The molecule has 5 nitrogen and oxygen atoms in total. The molecule has 0 amide bonds. The molecule has 0 unspecified atom stereocenters. The number of piperidine rings is 1. The highest BCUT2D eigenvalue weighted by atomic mass is 16.5. The van der Waals surface area contributed by atoms with Gasteiger partial charge in [0.2, 0.25) is 11.8 Å². The molecule has 0 radical (unpaired) electrons. The van der Waals surface area contributed by atoms with Gasteiger partial charge in [0.1, 0.15) is 5.75 Å². The van der Waals surface area contributed by atoms with E-state index in [0.29, 0.717) is 11.8 Å². The molecule has 1 aliphatic heterocycles. The van der Waals surface area contributed by atoms with Gasteiger partial charge < -0.3 is 14.1 Å². The molecule has 146 valence electrons. The average Bonchev–Trinajstić information content (AvgIpc) is 3.15. The van der Waals surface area contributed by atoms with Crippen LogP contribution >= 0.6 is 0 Å². The minimum absolute atomic E-state index is 0.380. The summed E-state index contributed by atoms with van der Waals surface area (Å²) in [6.45, 7) is 14.3. The molecule has 1 saturated heterocycles. The maximum absolute atomic E-state index is 5.97. The van der Waals surface area contributed by atoms with Gasteiger partial charge in [0.05, 0.1) is 7.11 Å². The number of rotatable bonds is 3. The molecule has 0 aliphatic carbocycles. The van der Waals surface area contributed by atoms with E-state index in [1.807, 2.05) is 40.7 Å². The summed E-state index contributed by atoms with van der Waals surface area (Å²) >= 11 is 0. The van der Waals surface area contributed by atoms with E-state index >= 15 is 0 Å². The molecule has 0 saturated carbocycles. The van der Waals surface area contributed by atoms with Crippen molar-refractivity contribution in [3.63, 3.8) is 0 Å². The summed E-state index contributed by atoms with van der Waals surface area (Å²) in [5.41, 5.74) is 3.19. The summed E-state index contributed by atoms with van der Waals surface area (Å²) in [7, 11) is 3.83. The zero-order valence-electron chi connectivity index (χ0n) is 17.7. The number of methoxy groups -OCH3 is 1. The Bertz CT molecular complexity index is 659. The number of nitrogens with zero attached hydrogens (tertiary/aromatic N) is 3. The molecule has 0 spiro atoms. The highest BCUT2D eigenvalue weighted by molar-refractivity contribution is 5.62. The van der Waals surface area contributed by atoms with Gasteiger partial charge in [0.25, 0.3) is 0 Å². The lowest BCUT2D eigenvalue weighted by Gasteiger charge is -2.26. The molecule has 1 aromatic heterocycles. The normalized spacial score (nSPS) is 14.8. The van der Waals surface area contributed by atoms with Gasteiger partial charge in [0.15, 0.2) is 0 Å². The fourth-order valence-electron chi connectivity index (χ4n) is 3.05. The van der Waals surface area contributed by atoms with Crippen LogP contribution in [0.4, 0.5) is 0 Å². The van der Waals surface area contributed by atoms with Gasteiger partial charge >= 0.3 is 0 Å². The van der Waals surface area contributed by atoms with E-state index in [2.05, 4.69) is 35.1 Å². The lowest BCUT2D eigenvalue weighted by molar-refractivity contribution is 0.237. The van der Waals surface area contributed by atoms with E-state index in [4.69, 9.17) is 9.15 Å². The van der Waals surface area contributed by atoms with E-state index in [-0.39, 0.29) is 0 Å². The van der Waals surface area contributed by atoms with Gasteiger partial charge in [-0.15, -0.1) is 10.2 Å². The molecule has 1 aliphatic rings. The van der Waals surface area contributed by atoms with Crippen LogP contribution < -0.4 is 4.74 Å². The van der Waals surface area contributed by atoms with Crippen LogP contribution in [0.5, 0.6) is 5.75 Å². The molecule has 0 bridgehead atoms. The number of hydrogen-bond acceptors (Lipinski definition) is 5. The third-order valence-electron chi connectivity index (χ3n) is 4.48. The van der Waals surface area contributed by atoms with E-state index in [0.717, 1.165) is 54.3 Å². The first-order chi connectivity index (χ1) is 12.6. The van der Waals surface area contributed by atoms with Crippen molar-refractivity contribution in [3.05, 3.63) is 29.2 Å². The Balaban J connectivity index is 0.000000791. The topological polar surface area (TPSA) is 51.4 Å². The quantitative estimate of drug-likeness (QED) is 0.750. The molecular formula is C21H35N3O2. The van der Waals surface area contributed by atoms with Crippen molar-refractivity contribution in [2.24, 2.45) is 0 Å². The predicted octanol–water partition coefficient (Wildman–Crippen LogP) is 5.22. The second-order valence-electron chi connectivity index (χ2n) is 6.16. The Kier molecular flexibility index (Phi) is 9.35. The van der Waals surface area contributed by atoms with Crippen LogP contribution in [-0.2, 0) is 0 Å². The Labute approximate surface area is 158 Å². The number of benzene rings is 1. The smallest absolute Gasteiger partial charge is 0.248 e. The summed E-state index contributed by atoms with van der Waals surface area (Å²) in [6, 6.07) is 4.07. The SMILES string of the molecule is CC.CC.COc1cc(-c2nnc(C3CCN(C)CC3)o2)c(C)cc1C. The average molecular weight is 362 g/mol. The first kappa shape index (κ1) is 22.2. The fraction of sp³-hybridized carbons (Fsp3) is 0.619. The van der Waals surface area contributed by atoms with Crippen LogP contribution in [0.1, 0.15) is 63.5 Å². The second kappa shape index (κ2) is 11.0. The summed E-state index contributed by atoms with van der Waals surface area (Å²) in [4.78, 5) is 2.34. The Morgan fingerprint density at radius 3 is 2.19 bits per heavy atom. The largest absolute Gasteiger partial charge is 0.496 e. The lowest BCUT2D eigenvalue weighted by Crippen LogP contribution is -2.29. The third-order valence-corrected chi connectivity index (χ3v) is 4.48. The molecule has 1 fully saturated rings. The van der Waals surface area contributed by atoms with Gasteiger partial charge in [0, 0.05) is 11.5 Å². The number of aryl methyl sites for hydroxylation is 2. The van der Waals surface area contributed by atoms with Gasteiger partial charge in [-0.1, -0.05) is 33.8 Å². The molecule has 3 rings (SSSR count). The van der Waals surface area contributed by atoms with Gasteiger partial charge in [-0.3, -0.25) is 0 Å². The number of likely N-dealkylation sites (tertiary alicyclic amines) is 1. The van der Waals surface area contributed by atoms with Crippen LogP contribution in [0.3, 0.4) is 0 Å². The Morgan fingerprint density at radius 1 is 1.00 bits per heavy atom. The molecule has 5 heteroatoms. The standard InChI is InChI=1S/C17H23N3O2.2C2H6/c1-11-9-12(2)15(21-4)10-14(11)17-19-18-16(22-17)13-5-7-20(3)8-6-13;2*1-2/h9-10,13H,5-8H2,1-4H3;2*1-2H3. The Hall–Kier alpha value is -1.88. The van der Waals surface area contributed by atoms with Crippen molar-refractivity contribution in [1.82, 2.24) is 15.1 Å². The summed E-state index contributed by atoms with van der Waals surface area (Å²) in [5.74, 6) is 2.58. The van der Waals surface area contributed by atoms with Crippen molar-refractivity contribution >= 4 is 0 Å². The van der Waals surface area contributed by atoms with E-state index in [1.165, 1.54) is 0 Å². The van der Waals surface area contributed by atoms with Crippen LogP contribution in [0, 0.1) is 13.8 Å². The first-order valence-corrected chi connectivity index (χ1v) is 9.76. The molecule has 2 aromatic rings. The van der Waals surface area contributed by atoms with Crippen molar-refractivity contribution in [3.8, 4) is 17.2 Å². The molecule has 26 heavy (non-hydrogen) atoms. The highest BCUT2D eigenvalue weighted by Gasteiger charge is 2.24. The van der Waals surface area contributed by atoms with Gasteiger partial charge in [-0.05, 0) is 64.0 Å². The van der Waals surface area contributed by atoms with E-state index in [9.17, 15) is 0 Å². The Morgan fingerprint density at radius 2 is 1.62 bits per heavy atom. The summed E-state index contributed by atoms with van der Waals surface area (Å²) in [5, 5.41) is 8.55. The van der Waals surface area contributed by atoms with Crippen molar-refractivity contribution in [1.29, 1.82) is 0 Å². The van der Waals surface area contributed by atoms with Crippen molar-refractivity contribution < 1.29 is 9.15 Å². The van der Waals surface area contributed by atoms with Crippen LogP contribution in [-0.4, -0.2) is 42.3 Å². The highest BCUT2D eigenvalue weighted by Crippen LogP contribution is 2.32. The van der Waals surface area contributed by atoms with Crippen LogP contribution in [0.15, 0.2) is 16.5 Å². The lowest BCUT2D eigenvalue weighted by atomic mass is 9.97. The van der Waals surface area contributed by atoms with Crippen molar-refractivity contribution in [2.45, 2.75) is 60.3 Å². The predicted molar refractivity (Wildman–Crippen MR) is 108 cm³/mol. The fourth-order valence-corrected chi connectivity index (χ4v) is 3.05. The first-order valence-electron chi connectivity index (χ1n) is 9.76. The van der Waals surface area contributed by atoms with Crippen LogP contribution in [0.2, 0.25) is 0 Å². The summed E-state index contributed by atoms with van der Waals surface area (Å²) in [6.07, 6.45) is 2.16. The zero-order chi connectivity index (χ0) is 19.7. The molecule has 2 heterocycles. The zero-order valence-corrected chi connectivity index (χ0v) is 17.7. The monoisotopic (exact) mass is 361 g/mol. The third kappa shape index (κ3) is 5.31. The molecule has 1 aromatic carbocycles. The second-order valence-corrected chi connectivity index (χ2v) is 6.16. The number of hydrogen-bond donors (Lipinski definition) is 0.